The quantitative estimate of drug-likeness (QED) is 0.641. The van der Waals surface area contributed by atoms with E-state index >= 15 is 0 Å². The predicted octanol–water partition coefficient (Wildman–Crippen LogP) is 0.900. The van der Waals surface area contributed by atoms with E-state index in [0.717, 1.165) is 12.2 Å². The summed E-state index contributed by atoms with van der Waals surface area (Å²) in [7, 11) is 0. The number of rotatable bonds is 2. The Morgan fingerprint density at radius 1 is 1.70 bits per heavy atom. The Morgan fingerprint density at radius 2 is 2.40 bits per heavy atom. The lowest BCUT2D eigenvalue weighted by Crippen LogP contribution is -1.94. The number of nitrogens with zero attached hydrogens (tertiary/aromatic N) is 2. The van der Waals surface area contributed by atoms with Crippen molar-refractivity contribution in [1.82, 2.24) is 15.2 Å². The van der Waals surface area contributed by atoms with Gasteiger partial charge in [0, 0.05) is 5.92 Å². The number of H-pyrrole nitrogens is 1. The second-order valence-corrected chi connectivity index (χ2v) is 2.39. The van der Waals surface area contributed by atoms with Gasteiger partial charge >= 0.3 is 0 Å². The second-order valence-electron chi connectivity index (χ2n) is 2.39. The van der Waals surface area contributed by atoms with Crippen molar-refractivity contribution in [2.45, 2.75) is 26.2 Å². The zero-order chi connectivity index (χ0) is 7.56. The van der Waals surface area contributed by atoms with Crippen molar-refractivity contribution in [3.05, 3.63) is 5.82 Å². The topological polar surface area (TPSA) is 67.6 Å². The largest absolute Gasteiger partial charge is 0.367 e. The first-order chi connectivity index (χ1) is 4.74. The fourth-order valence-corrected chi connectivity index (χ4v) is 0.702. The van der Waals surface area contributed by atoms with Gasteiger partial charge in [-0.15, -0.1) is 5.10 Å². The first-order valence-electron chi connectivity index (χ1n) is 3.41. The molecule has 56 valence electrons. The summed E-state index contributed by atoms with van der Waals surface area (Å²) in [4.78, 5) is 3.99. The average Bonchev–Trinajstić information content (AvgIpc) is 2.34. The van der Waals surface area contributed by atoms with E-state index < -0.39 is 0 Å². The van der Waals surface area contributed by atoms with Gasteiger partial charge in [-0.05, 0) is 6.42 Å². The molecule has 4 heteroatoms. The molecule has 0 bridgehead atoms. The minimum absolute atomic E-state index is 0.329. The first-order valence-corrected chi connectivity index (χ1v) is 3.41. The first kappa shape index (κ1) is 7.05. The van der Waals surface area contributed by atoms with Gasteiger partial charge in [-0.25, -0.2) is 0 Å². The molecule has 1 aromatic rings. The van der Waals surface area contributed by atoms with Crippen LogP contribution in [-0.2, 0) is 0 Å². The van der Waals surface area contributed by atoms with E-state index in [9.17, 15) is 0 Å². The summed E-state index contributed by atoms with van der Waals surface area (Å²) in [5.74, 6) is 1.63. The molecule has 1 rings (SSSR count). The Hall–Kier alpha value is -1.06. The van der Waals surface area contributed by atoms with Crippen molar-refractivity contribution in [2.24, 2.45) is 0 Å². The molecule has 0 radical (unpaired) electrons. The van der Waals surface area contributed by atoms with Crippen LogP contribution in [0.5, 0.6) is 0 Å². The maximum Gasteiger partial charge on any atom is 0.239 e. The van der Waals surface area contributed by atoms with E-state index in [0.29, 0.717) is 11.9 Å². The monoisotopic (exact) mass is 140 g/mol. The lowest BCUT2D eigenvalue weighted by molar-refractivity contribution is 0.682. The summed E-state index contributed by atoms with van der Waals surface area (Å²) in [6.07, 6.45) is 1.05. The van der Waals surface area contributed by atoms with E-state index in [1.165, 1.54) is 0 Å². The van der Waals surface area contributed by atoms with Crippen molar-refractivity contribution in [2.75, 3.05) is 5.73 Å². The Balaban J connectivity index is 2.74. The minimum atomic E-state index is 0.329. The smallest absolute Gasteiger partial charge is 0.239 e. The van der Waals surface area contributed by atoms with Crippen LogP contribution in [0.1, 0.15) is 32.0 Å². The van der Waals surface area contributed by atoms with Crippen LogP contribution in [0.25, 0.3) is 0 Å². The normalized spacial score (nSPS) is 13.4. The van der Waals surface area contributed by atoms with Gasteiger partial charge in [0.25, 0.3) is 0 Å². The van der Waals surface area contributed by atoms with Gasteiger partial charge in [-0.3, -0.25) is 5.10 Å². The highest BCUT2D eigenvalue weighted by Gasteiger charge is 2.06. The molecule has 1 heterocycles. The number of aromatic nitrogens is 3. The third-order valence-electron chi connectivity index (χ3n) is 1.60. The molecular weight excluding hydrogens is 128 g/mol. The molecule has 3 N–H and O–H groups in total. The van der Waals surface area contributed by atoms with Crippen molar-refractivity contribution in [1.29, 1.82) is 0 Å². The van der Waals surface area contributed by atoms with E-state index in [2.05, 4.69) is 29.0 Å². The van der Waals surface area contributed by atoms with Crippen LogP contribution < -0.4 is 5.73 Å². The Kier molecular flexibility index (Phi) is 1.89. The molecule has 1 atom stereocenters. The van der Waals surface area contributed by atoms with E-state index in [4.69, 9.17) is 5.73 Å². The SMILES string of the molecule is CCC(C)c1nc(N)n[nH]1. The zero-order valence-electron chi connectivity index (χ0n) is 6.26. The molecule has 0 saturated carbocycles. The predicted molar refractivity (Wildman–Crippen MR) is 39.5 cm³/mol. The molecule has 0 saturated heterocycles. The van der Waals surface area contributed by atoms with Crippen molar-refractivity contribution < 1.29 is 0 Å². The lowest BCUT2D eigenvalue weighted by atomic mass is 10.1. The molecule has 4 nitrogen and oxygen atoms in total. The van der Waals surface area contributed by atoms with Crippen LogP contribution >= 0.6 is 0 Å². The Labute approximate surface area is 59.8 Å². The average molecular weight is 140 g/mol. The number of anilines is 1. The summed E-state index contributed by atoms with van der Waals surface area (Å²) >= 11 is 0. The van der Waals surface area contributed by atoms with Crippen molar-refractivity contribution in [3.63, 3.8) is 0 Å². The minimum Gasteiger partial charge on any atom is -0.367 e. The zero-order valence-corrected chi connectivity index (χ0v) is 6.26. The van der Waals surface area contributed by atoms with Gasteiger partial charge in [0.15, 0.2) is 0 Å². The third kappa shape index (κ3) is 1.26. The summed E-state index contributed by atoms with van der Waals surface area (Å²) in [6.45, 7) is 4.18. The molecule has 1 unspecified atom stereocenters. The maximum absolute atomic E-state index is 5.32. The van der Waals surface area contributed by atoms with Crippen LogP contribution in [-0.4, -0.2) is 15.2 Å². The molecule has 0 aromatic carbocycles. The highest BCUT2D eigenvalue weighted by molar-refractivity contribution is 5.13. The standard InChI is InChI=1S/C6H12N4/c1-3-4(2)5-8-6(7)10-9-5/h4H,3H2,1-2H3,(H3,7,8,9,10). The van der Waals surface area contributed by atoms with E-state index in [-0.39, 0.29) is 0 Å². The number of hydrogen-bond donors (Lipinski definition) is 2. The highest BCUT2D eigenvalue weighted by Crippen LogP contribution is 2.13. The molecule has 0 amide bonds. The fraction of sp³-hybridized carbons (Fsp3) is 0.667. The summed E-state index contributed by atoms with van der Waals surface area (Å²) < 4.78 is 0. The molecule has 0 aliphatic rings. The molecule has 10 heavy (non-hydrogen) atoms. The fourth-order valence-electron chi connectivity index (χ4n) is 0.702. The number of nitrogens with one attached hydrogen (secondary N) is 1. The van der Waals surface area contributed by atoms with Gasteiger partial charge in [0.1, 0.15) is 5.82 Å². The van der Waals surface area contributed by atoms with Crippen LogP contribution in [0.3, 0.4) is 0 Å². The molecule has 0 fully saturated rings. The maximum atomic E-state index is 5.32. The Bertz CT molecular complexity index is 205. The second kappa shape index (κ2) is 2.68. The van der Waals surface area contributed by atoms with Crippen LogP contribution in [0.4, 0.5) is 5.95 Å². The number of nitrogen functional groups attached to an aromatic ring is 1. The number of aromatic amines is 1. The number of nitrogens with two attached hydrogens (primary N) is 1. The third-order valence-corrected chi connectivity index (χ3v) is 1.60. The van der Waals surface area contributed by atoms with Gasteiger partial charge in [0.2, 0.25) is 5.95 Å². The van der Waals surface area contributed by atoms with Crippen molar-refractivity contribution in [3.8, 4) is 0 Å². The van der Waals surface area contributed by atoms with Crippen LogP contribution in [0.15, 0.2) is 0 Å². The van der Waals surface area contributed by atoms with Gasteiger partial charge in [-0.1, -0.05) is 13.8 Å². The van der Waals surface area contributed by atoms with E-state index in [1.54, 1.807) is 0 Å². The lowest BCUT2D eigenvalue weighted by Gasteiger charge is -2.00. The number of hydrogen-bond acceptors (Lipinski definition) is 3. The molecular formula is C6H12N4. The van der Waals surface area contributed by atoms with Crippen LogP contribution in [0.2, 0.25) is 0 Å². The van der Waals surface area contributed by atoms with Crippen molar-refractivity contribution >= 4 is 5.95 Å². The van der Waals surface area contributed by atoms with Gasteiger partial charge < -0.3 is 5.73 Å². The summed E-state index contributed by atoms with van der Waals surface area (Å²) in [5, 5.41) is 6.50. The molecule has 0 aliphatic carbocycles. The summed E-state index contributed by atoms with van der Waals surface area (Å²) in [5.41, 5.74) is 5.32. The molecule has 0 spiro atoms. The van der Waals surface area contributed by atoms with Gasteiger partial charge in [-0.2, -0.15) is 4.98 Å². The highest BCUT2D eigenvalue weighted by atomic mass is 15.3. The molecule has 1 aromatic heterocycles. The Morgan fingerprint density at radius 3 is 2.80 bits per heavy atom. The van der Waals surface area contributed by atoms with Gasteiger partial charge in [0.05, 0.1) is 0 Å². The van der Waals surface area contributed by atoms with Crippen LogP contribution in [0, 0.1) is 0 Å². The van der Waals surface area contributed by atoms with E-state index in [1.807, 2.05) is 0 Å². The molecule has 0 aliphatic heterocycles. The summed E-state index contributed by atoms with van der Waals surface area (Å²) in [6, 6.07) is 0.